The van der Waals surface area contributed by atoms with Crippen LogP contribution < -0.4 is 4.74 Å². The van der Waals surface area contributed by atoms with E-state index >= 15 is 0 Å². The molecule has 31 heavy (non-hydrogen) atoms. The van der Waals surface area contributed by atoms with E-state index in [2.05, 4.69) is 14.4 Å². The van der Waals surface area contributed by atoms with E-state index in [0.29, 0.717) is 49.5 Å². The summed E-state index contributed by atoms with van der Waals surface area (Å²) in [5, 5.41) is -0.392. The van der Waals surface area contributed by atoms with Crippen LogP contribution in [0.3, 0.4) is 0 Å². The van der Waals surface area contributed by atoms with Crippen LogP contribution in [0.15, 0.2) is 28.9 Å². The molecule has 5 aliphatic rings. The first-order valence-corrected chi connectivity index (χ1v) is 12.4. The third-order valence-electron chi connectivity index (χ3n) is 6.39. The summed E-state index contributed by atoms with van der Waals surface area (Å²) in [6.07, 6.45) is 10.7. The second kappa shape index (κ2) is 8.22. The van der Waals surface area contributed by atoms with Crippen LogP contribution in [0.1, 0.15) is 62.8 Å². The second-order valence-electron chi connectivity index (χ2n) is 8.59. The number of allylic oxidation sites excluding steroid dienone is 1. The summed E-state index contributed by atoms with van der Waals surface area (Å²) < 4.78 is 41.0. The molecule has 166 valence electrons. The monoisotopic (exact) mass is 446 g/mol. The van der Waals surface area contributed by atoms with Gasteiger partial charge in [-0.15, -0.1) is 0 Å². The van der Waals surface area contributed by atoms with Crippen LogP contribution in [0.4, 0.5) is 0 Å². The molecule has 0 radical (unpaired) electrons. The van der Waals surface area contributed by atoms with Crippen molar-refractivity contribution < 1.29 is 22.7 Å². The van der Waals surface area contributed by atoms with Crippen molar-refractivity contribution in [3.05, 3.63) is 30.0 Å². The third-order valence-corrected chi connectivity index (χ3v) is 8.18. The fourth-order valence-electron chi connectivity index (χ4n) is 4.49. The van der Waals surface area contributed by atoms with Crippen LogP contribution in [0.5, 0.6) is 5.88 Å². The lowest BCUT2D eigenvalue weighted by Crippen LogP contribution is -2.41. The van der Waals surface area contributed by atoms with E-state index in [9.17, 15) is 13.2 Å². The fraction of sp³-hybridized carbons (Fsp3) is 0.619. The number of hydrogen-bond donors (Lipinski definition) is 0. The van der Waals surface area contributed by atoms with E-state index in [-0.39, 0.29) is 24.5 Å². The highest BCUT2D eigenvalue weighted by Crippen LogP contribution is 2.38. The molecule has 0 unspecified atom stereocenters. The van der Waals surface area contributed by atoms with Crippen LogP contribution in [0.25, 0.3) is 0 Å². The number of piperidine rings is 1. The molecule has 10 heteroatoms. The molecule has 1 aromatic rings. The van der Waals surface area contributed by atoms with Crippen LogP contribution in [-0.4, -0.2) is 59.4 Å². The van der Waals surface area contributed by atoms with Gasteiger partial charge in [0.1, 0.15) is 18.3 Å². The van der Waals surface area contributed by atoms with Crippen LogP contribution >= 0.6 is 0 Å². The van der Waals surface area contributed by atoms with Crippen LogP contribution in [0.2, 0.25) is 0 Å². The highest BCUT2D eigenvalue weighted by atomic mass is 32.2. The van der Waals surface area contributed by atoms with Crippen molar-refractivity contribution >= 4 is 21.6 Å². The average Bonchev–Trinajstić information content (AvgIpc) is 3.63. The normalized spacial score (nSPS) is 29.9. The smallest absolute Gasteiger partial charge is 0.265 e. The number of amides is 1. The number of ether oxygens (including phenoxy) is 2. The Labute approximate surface area is 181 Å². The lowest BCUT2D eigenvalue weighted by atomic mass is 9.83. The zero-order valence-electron chi connectivity index (χ0n) is 17.3. The van der Waals surface area contributed by atoms with Gasteiger partial charge in [0.15, 0.2) is 6.61 Å². The molecule has 0 spiro atoms. The Hall–Kier alpha value is -2.49. The predicted octanol–water partition coefficient (Wildman–Crippen LogP) is 2.31. The maximum atomic E-state index is 13.1. The molecule has 2 bridgehead atoms. The first kappa shape index (κ1) is 20.4. The lowest BCUT2D eigenvalue weighted by molar-refractivity contribution is -0.131. The van der Waals surface area contributed by atoms with Crippen molar-refractivity contribution in [2.24, 2.45) is 4.40 Å². The van der Waals surface area contributed by atoms with Gasteiger partial charge in [0.2, 0.25) is 5.88 Å². The number of nitrogens with zero attached hydrogens (tertiary/aromatic N) is 4. The molecule has 1 saturated heterocycles. The van der Waals surface area contributed by atoms with Gasteiger partial charge in [0.05, 0.1) is 17.1 Å². The zero-order valence-corrected chi connectivity index (χ0v) is 18.1. The van der Waals surface area contributed by atoms with Gasteiger partial charge in [-0.2, -0.15) is 4.40 Å². The van der Waals surface area contributed by atoms with Gasteiger partial charge in [-0.1, -0.05) is 0 Å². The quantitative estimate of drug-likeness (QED) is 0.685. The molecule has 1 aromatic heterocycles. The van der Waals surface area contributed by atoms with Gasteiger partial charge in [-0.3, -0.25) is 4.79 Å². The summed E-state index contributed by atoms with van der Waals surface area (Å²) in [5.74, 6) is 0.435. The molecule has 9 nitrogen and oxygen atoms in total. The molecule has 2 aliphatic carbocycles. The second-order valence-corrected chi connectivity index (χ2v) is 10.5. The fourth-order valence-corrected chi connectivity index (χ4v) is 5.87. The number of carbonyl (C=O) groups is 1. The standard InChI is InChI=1S/C21H26N4O5S/c26-20-12-30-21-17(10-22-13-23-21)14-3-5-15(6-4-14)29-11-19-18(2-1-9-25(19)20)24-31(27,28)16-7-8-16/h10-11,13-16H,1-9,12H2/b19-11-,24-18+. The minimum atomic E-state index is -3.56. The molecule has 4 heterocycles. The van der Waals surface area contributed by atoms with E-state index in [1.165, 1.54) is 11.2 Å². The predicted molar refractivity (Wildman–Crippen MR) is 112 cm³/mol. The van der Waals surface area contributed by atoms with Crippen LogP contribution in [-0.2, 0) is 19.6 Å². The van der Waals surface area contributed by atoms with Gasteiger partial charge >= 0.3 is 0 Å². The van der Waals surface area contributed by atoms with E-state index in [1.807, 2.05) is 0 Å². The molecule has 0 N–H and O–H groups in total. The molecule has 3 fully saturated rings. The van der Waals surface area contributed by atoms with Crippen molar-refractivity contribution in [1.29, 1.82) is 0 Å². The Morgan fingerprint density at radius 3 is 2.71 bits per heavy atom. The van der Waals surface area contributed by atoms with Crippen molar-refractivity contribution in [2.75, 3.05) is 13.2 Å². The van der Waals surface area contributed by atoms with E-state index in [1.54, 1.807) is 12.5 Å². The molecule has 0 atom stereocenters. The summed E-state index contributed by atoms with van der Waals surface area (Å²) in [5.41, 5.74) is 1.77. The number of carbonyl (C=O) groups excluding carboxylic acids is 1. The van der Waals surface area contributed by atoms with Gasteiger partial charge in [0, 0.05) is 18.3 Å². The van der Waals surface area contributed by atoms with Crippen LogP contribution in [0, 0.1) is 0 Å². The van der Waals surface area contributed by atoms with E-state index in [4.69, 9.17) is 9.47 Å². The molecule has 2 saturated carbocycles. The molecular formula is C21H26N4O5S. The van der Waals surface area contributed by atoms with Gasteiger partial charge < -0.3 is 14.4 Å². The highest BCUT2D eigenvalue weighted by molar-refractivity contribution is 7.91. The summed E-state index contributed by atoms with van der Waals surface area (Å²) >= 11 is 0. The number of aromatic nitrogens is 2. The largest absolute Gasteiger partial charge is 0.496 e. The van der Waals surface area contributed by atoms with Crippen molar-refractivity contribution in [3.8, 4) is 5.88 Å². The minimum Gasteiger partial charge on any atom is -0.496 e. The maximum Gasteiger partial charge on any atom is 0.265 e. The van der Waals surface area contributed by atoms with Crippen molar-refractivity contribution in [3.63, 3.8) is 0 Å². The Balaban J connectivity index is 1.49. The summed E-state index contributed by atoms with van der Waals surface area (Å²) in [4.78, 5) is 23.0. The highest BCUT2D eigenvalue weighted by Gasteiger charge is 2.37. The summed E-state index contributed by atoms with van der Waals surface area (Å²) in [6.45, 7) is 0.268. The van der Waals surface area contributed by atoms with Gasteiger partial charge in [-0.25, -0.2) is 18.4 Å². The molecule has 0 aromatic carbocycles. The number of fused-ring (bicyclic) bond motifs is 5. The first-order valence-electron chi connectivity index (χ1n) is 10.9. The zero-order chi connectivity index (χ0) is 21.4. The number of hydrogen-bond acceptors (Lipinski definition) is 7. The summed E-state index contributed by atoms with van der Waals surface area (Å²) in [7, 11) is -3.56. The van der Waals surface area contributed by atoms with E-state index in [0.717, 1.165) is 31.2 Å². The Kier molecular flexibility index (Phi) is 5.41. The molecule has 6 rings (SSSR count). The Morgan fingerprint density at radius 1 is 1.13 bits per heavy atom. The van der Waals surface area contributed by atoms with Crippen molar-refractivity contribution in [1.82, 2.24) is 14.9 Å². The molecule has 3 aliphatic heterocycles. The average molecular weight is 447 g/mol. The first-order chi connectivity index (χ1) is 15.0. The topological polar surface area (TPSA) is 111 Å². The lowest BCUT2D eigenvalue weighted by Gasteiger charge is -2.31. The summed E-state index contributed by atoms with van der Waals surface area (Å²) in [6, 6.07) is 0. The number of sulfonamides is 1. The number of rotatable bonds is 2. The molecule has 1 amide bonds. The molecular weight excluding hydrogens is 420 g/mol. The Bertz CT molecular complexity index is 1030. The Morgan fingerprint density at radius 2 is 1.94 bits per heavy atom. The SMILES string of the molecule is O=C1COc2ncncc2C2CCC(CC2)O/C=C2/C(=N/S(=O)(=O)C3CC3)CCCN12. The van der Waals surface area contributed by atoms with E-state index < -0.39 is 15.3 Å². The van der Waals surface area contributed by atoms with Gasteiger partial charge in [-0.05, 0) is 57.3 Å². The minimum absolute atomic E-state index is 0.0127. The third kappa shape index (κ3) is 4.30. The van der Waals surface area contributed by atoms with Crippen molar-refractivity contribution in [2.45, 2.75) is 68.6 Å². The van der Waals surface area contributed by atoms with Gasteiger partial charge in [0.25, 0.3) is 15.9 Å². The maximum absolute atomic E-state index is 13.1.